The molecule has 6 heteroatoms. The number of ketones is 1. The lowest BCUT2D eigenvalue weighted by atomic mass is 10.1. The van der Waals surface area contributed by atoms with Crippen molar-refractivity contribution >= 4 is 22.7 Å². The van der Waals surface area contributed by atoms with Crippen LogP contribution in [-0.2, 0) is 11.2 Å². The smallest absolute Gasteiger partial charge is 0.257 e. The molecule has 2 aromatic carbocycles. The molecule has 0 unspecified atom stereocenters. The van der Waals surface area contributed by atoms with Gasteiger partial charge < -0.3 is 15.0 Å². The molecule has 128 valence electrons. The number of fused-ring (bicyclic) bond motifs is 1. The Balaban J connectivity index is 1.42. The van der Waals surface area contributed by atoms with Crippen LogP contribution in [0.25, 0.3) is 11.0 Å². The number of rotatable bonds is 7. The molecule has 0 bridgehead atoms. The third-order valence-corrected chi connectivity index (χ3v) is 3.75. The Kier molecular flexibility index (Phi) is 5.09. The predicted octanol–water partition coefficient (Wildman–Crippen LogP) is 2.50. The zero-order chi connectivity index (χ0) is 17.6. The molecule has 6 nitrogen and oxygen atoms in total. The average molecular weight is 337 g/mol. The van der Waals surface area contributed by atoms with Crippen molar-refractivity contribution in [1.82, 2.24) is 15.3 Å². The van der Waals surface area contributed by atoms with E-state index in [2.05, 4.69) is 15.3 Å². The molecule has 0 aliphatic carbocycles. The van der Waals surface area contributed by atoms with Crippen LogP contribution in [0, 0.1) is 0 Å². The zero-order valence-corrected chi connectivity index (χ0v) is 13.9. The van der Waals surface area contributed by atoms with E-state index in [1.165, 1.54) is 6.92 Å². The van der Waals surface area contributed by atoms with E-state index in [4.69, 9.17) is 4.74 Å². The molecular formula is C19H19N3O3. The summed E-state index contributed by atoms with van der Waals surface area (Å²) in [5.74, 6) is 1.18. The fourth-order valence-electron chi connectivity index (χ4n) is 2.43. The van der Waals surface area contributed by atoms with Crippen LogP contribution < -0.4 is 10.1 Å². The number of carbonyl (C=O) groups is 2. The number of aromatic amines is 1. The molecule has 0 fully saturated rings. The van der Waals surface area contributed by atoms with Crippen molar-refractivity contribution in [3.8, 4) is 5.75 Å². The van der Waals surface area contributed by atoms with Gasteiger partial charge in [0, 0.05) is 18.5 Å². The highest BCUT2D eigenvalue weighted by Crippen LogP contribution is 2.12. The summed E-state index contributed by atoms with van der Waals surface area (Å²) in [5.41, 5.74) is 2.52. The molecule has 1 aromatic heterocycles. The lowest BCUT2D eigenvalue weighted by Gasteiger charge is -2.07. The maximum absolute atomic E-state index is 11.8. The number of nitrogens with one attached hydrogen (secondary N) is 2. The molecule has 3 rings (SSSR count). The first-order valence-corrected chi connectivity index (χ1v) is 8.06. The van der Waals surface area contributed by atoms with Crippen LogP contribution >= 0.6 is 0 Å². The van der Waals surface area contributed by atoms with E-state index in [9.17, 15) is 9.59 Å². The molecule has 1 heterocycles. The molecule has 0 atom stereocenters. The maximum Gasteiger partial charge on any atom is 0.257 e. The van der Waals surface area contributed by atoms with Gasteiger partial charge in [-0.25, -0.2) is 4.98 Å². The molecular weight excluding hydrogens is 318 g/mol. The molecule has 3 aromatic rings. The van der Waals surface area contributed by atoms with Crippen molar-refractivity contribution in [3.63, 3.8) is 0 Å². The van der Waals surface area contributed by atoms with E-state index < -0.39 is 0 Å². The SMILES string of the molecule is CC(=O)c1ccc(OCC(=O)NCCc2nc3ccccc3[nH]2)cc1. The molecule has 0 spiro atoms. The lowest BCUT2D eigenvalue weighted by Crippen LogP contribution is -2.30. The molecule has 0 saturated heterocycles. The number of para-hydroxylation sites is 2. The van der Waals surface area contributed by atoms with Crippen LogP contribution in [0.15, 0.2) is 48.5 Å². The number of hydrogen-bond donors (Lipinski definition) is 2. The summed E-state index contributed by atoms with van der Waals surface area (Å²) in [6, 6.07) is 14.5. The topological polar surface area (TPSA) is 84.1 Å². The van der Waals surface area contributed by atoms with E-state index in [0.717, 1.165) is 16.9 Å². The average Bonchev–Trinajstić information content (AvgIpc) is 3.03. The van der Waals surface area contributed by atoms with Gasteiger partial charge in [-0.3, -0.25) is 9.59 Å². The highest BCUT2D eigenvalue weighted by Gasteiger charge is 2.06. The summed E-state index contributed by atoms with van der Waals surface area (Å²) < 4.78 is 5.41. The lowest BCUT2D eigenvalue weighted by molar-refractivity contribution is -0.123. The van der Waals surface area contributed by atoms with Crippen molar-refractivity contribution in [1.29, 1.82) is 0 Å². The Bertz CT molecular complexity index is 851. The molecule has 0 radical (unpaired) electrons. The Morgan fingerprint density at radius 1 is 1.12 bits per heavy atom. The number of amides is 1. The van der Waals surface area contributed by atoms with Crippen molar-refractivity contribution in [2.45, 2.75) is 13.3 Å². The maximum atomic E-state index is 11.8. The normalized spacial score (nSPS) is 10.6. The second-order valence-corrected chi connectivity index (χ2v) is 5.67. The first-order valence-electron chi connectivity index (χ1n) is 8.06. The number of carbonyl (C=O) groups excluding carboxylic acids is 2. The van der Waals surface area contributed by atoms with Gasteiger partial charge >= 0.3 is 0 Å². The molecule has 2 N–H and O–H groups in total. The van der Waals surface area contributed by atoms with E-state index in [1.54, 1.807) is 24.3 Å². The van der Waals surface area contributed by atoms with Gasteiger partial charge in [-0.2, -0.15) is 0 Å². The summed E-state index contributed by atoms with van der Waals surface area (Å²) >= 11 is 0. The molecule has 0 aliphatic heterocycles. The Labute approximate surface area is 145 Å². The second kappa shape index (κ2) is 7.61. The predicted molar refractivity (Wildman–Crippen MR) is 94.7 cm³/mol. The van der Waals surface area contributed by atoms with E-state index >= 15 is 0 Å². The van der Waals surface area contributed by atoms with E-state index in [0.29, 0.717) is 24.3 Å². The van der Waals surface area contributed by atoms with Gasteiger partial charge in [0.15, 0.2) is 12.4 Å². The molecule has 25 heavy (non-hydrogen) atoms. The van der Waals surface area contributed by atoms with Gasteiger partial charge in [-0.15, -0.1) is 0 Å². The number of nitrogens with zero attached hydrogens (tertiary/aromatic N) is 1. The van der Waals surface area contributed by atoms with E-state index in [-0.39, 0.29) is 18.3 Å². The van der Waals surface area contributed by atoms with Crippen LogP contribution in [0.4, 0.5) is 0 Å². The van der Waals surface area contributed by atoms with Gasteiger partial charge in [0.2, 0.25) is 0 Å². The van der Waals surface area contributed by atoms with Gasteiger partial charge in [0.25, 0.3) is 5.91 Å². The number of Topliss-reactive ketones (excluding diaryl/α,β-unsaturated/α-hetero) is 1. The highest BCUT2D eigenvalue weighted by molar-refractivity contribution is 5.94. The quantitative estimate of drug-likeness (QED) is 0.649. The third-order valence-electron chi connectivity index (χ3n) is 3.75. The van der Waals surface area contributed by atoms with Gasteiger partial charge in [0.1, 0.15) is 11.6 Å². The number of aromatic nitrogens is 2. The van der Waals surface area contributed by atoms with Crippen molar-refractivity contribution in [2.24, 2.45) is 0 Å². The largest absolute Gasteiger partial charge is 0.484 e. The number of benzene rings is 2. The number of H-pyrrole nitrogens is 1. The molecule has 0 aliphatic rings. The minimum atomic E-state index is -0.202. The Morgan fingerprint density at radius 2 is 1.88 bits per heavy atom. The summed E-state index contributed by atoms with van der Waals surface area (Å²) in [4.78, 5) is 30.7. The third kappa shape index (κ3) is 4.44. The Morgan fingerprint density at radius 3 is 2.60 bits per heavy atom. The first-order chi connectivity index (χ1) is 12.1. The van der Waals surface area contributed by atoms with Crippen molar-refractivity contribution in [3.05, 3.63) is 59.9 Å². The summed E-state index contributed by atoms with van der Waals surface area (Å²) in [6.07, 6.45) is 0.619. The van der Waals surface area contributed by atoms with Crippen molar-refractivity contribution < 1.29 is 14.3 Å². The molecule has 1 amide bonds. The fraction of sp³-hybridized carbons (Fsp3) is 0.211. The number of hydrogen-bond acceptors (Lipinski definition) is 4. The van der Waals surface area contributed by atoms with Crippen LogP contribution in [-0.4, -0.2) is 34.8 Å². The summed E-state index contributed by atoms with van der Waals surface area (Å²) in [7, 11) is 0. The zero-order valence-electron chi connectivity index (χ0n) is 13.9. The van der Waals surface area contributed by atoms with Gasteiger partial charge in [-0.1, -0.05) is 12.1 Å². The monoisotopic (exact) mass is 337 g/mol. The van der Waals surface area contributed by atoms with Gasteiger partial charge in [-0.05, 0) is 43.3 Å². The number of imidazole rings is 1. The second-order valence-electron chi connectivity index (χ2n) is 5.67. The first kappa shape index (κ1) is 16.7. The van der Waals surface area contributed by atoms with E-state index in [1.807, 2.05) is 24.3 Å². The summed E-state index contributed by atoms with van der Waals surface area (Å²) in [5, 5.41) is 2.80. The van der Waals surface area contributed by atoms with Crippen molar-refractivity contribution in [2.75, 3.05) is 13.2 Å². The standard InChI is InChI=1S/C19H19N3O3/c1-13(23)14-6-8-15(9-7-14)25-12-19(24)20-11-10-18-21-16-4-2-3-5-17(16)22-18/h2-9H,10-12H2,1H3,(H,20,24)(H,21,22). The van der Waals surface area contributed by atoms with Gasteiger partial charge in [0.05, 0.1) is 11.0 Å². The minimum Gasteiger partial charge on any atom is -0.484 e. The van der Waals surface area contributed by atoms with Crippen LogP contribution in [0.5, 0.6) is 5.75 Å². The minimum absolute atomic E-state index is 0.00474. The highest BCUT2D eigenvalue weighted by atomic mass is 16.5. The number of ether oxygens (including phenoxy) is 1. The fourth-order valence-corrected chi connectivity index (χ4v) is 2.43. The van der Waals surface area contributed by atoms with Crippen LogP contribution in [0.1, 0.15) is 23.1 Å². The summed E-state index contributed by atoms with van der Waals surface area (Å²) in [6.45, 7) is 1.91. The van der Waals surface area contributed by atoms with Crippen LogP contribution in [0.2, 0.25) is 0 Å². The Hall–Kier alpha value is -3.15. The molecule has 0 saturated carbocycles. The van der Waals surface area contributed by atoms with Crippen LogP contribution in [0.3, 0.4) is 0 Å².